The first-order valence-electron chi connectivity index (χ1n) is 4.89. The molecule has 86 valence electrons. The third kappa shape index (κ3) is 3.50. The Kier molecular flexibility index (Phi) is 4.71. The molecule has 0 radical (unpaired) electrons. The Morgan fingerprint density at radius 1 is 1.62 bits per heavy atom. The van der Waals surface area contributed by atoms with Crippen LogP contribution < -0.4 is 11.1 Å². The highest BCUT2D eigenvalue weighted by atomic mass is 32.1. The zero-order chi connectivity index (χ0) is 12.0. The van der Waals surface area contributed by atoms with E-state index < -0.39 is 5.92 Å². The number of nitrogens with one attached hydrogen (secondary N) is 1. The smallest absolute Gasteiger partial charge is 0.249 e. The molecule has 0 saturated heterocycles. The minimum Gasteiger partial charge on any atom is -0.393 e. The summed E-state index contributed by atoms with van der Waals surface area (Å²) in [6.45, 7) is 1.96. The lowest BCUT2D eigenvalue weighted by molar-refractivity contribution is -0.118. The van der Waals surface area contributed by atoms with Gasteiger partial charge in [-0.3, -0.25) is 10.1 Å². The molecule has 0 spiro atoms. The molecule has 1 aromatic heterocycles. The average Bonchev–Trinajstić information content (AvgIpc) is 2.26. The Morgan fingerprint density at radius 3 is 2.88 bits per heavy atom. The second-order valence-corrected chi connectivity index (χ2v) is 3.67. The molecule has 1 amide bonds. The molecule has 1 heterocycles. The standard InChI is InChI=1S/C9H13N5OS/c1-2-3-6(7(10)16)8(15)13-9-11-4-5-12-14-9/h4-6H,2-3H2,1H3,(H2,10,16)(H,11,13,14,15). The van der Waals surface area contributed by atoms with Crippen molar-refractivity contribution < 1.29 is 4.79 Å². The average molecular weight is 239 g/mol. The van der Waals surface area contributed by atoms with E-state index in [1.165, 1.54) is 12.4 Å². The molecular weight excluding hydrogens is 226 g/mol. The second kappa shape index (κ2) is 6.06. The Balaban J connectivity index is 2.66. The lowest BCUT2D eigenvalue weighted by Gasteiger charge is -2.12. The predicted molar refractivity (Wildman–Crippen MR) is 63.6 cm³/mol. The minimum atomic E-state index is -0.483. The summed E-state index contributed by atoms with van der Waals surface area (Å²) in [6.07, 6.45) is 4.30. The lowest BCUT2D eigenvalue weighted by Crippen LogP contribution is -2.33. The third-order valence-corrected chi connectivity index (χ3v) is 2.24. The van der Waals surface area contributed by atoms with E-state index in [1.54, 1.807) is 0 Å². The molecule has 0 aliphatic rings. The van der Waals surface area contributed by atoms with Crippen molar-refractivity contribution in [2.45, 2.75) is 19.8 Å². The van der Waals surface area contributed by atoms with E-state index in [-0.39, 0.29) is 16.8 Å². The molecule has 16 heavy (non-hydrogen) atoms. The lowest BCUT2D eigenvalue weighted by atomic mass is 10.0. The monoisotopic (exact) mass is 239 g/mol. The molecule has 6 nitrogen and oxygen atoms in total. The number of hydrogen-bond acceptors (Lipinski definition) is 5. The van der Waals surface area contributed by atoms with Crippen LogP contribution in [0.1, 0.15) is 19.8 Å². The number of hydrogen-bond donors (Lipinski definition) is 2. The molecule has 0 aromatic carbocycles. The van der Waals surface area contributed by atoms with Gasteiger partial charge in [-0.2, -0.15) is 5.10 Å². The van der Waals surface area contributed by atoms with E-state index >= 15 is 0 Å². The second-order valence-electron chi connectivity index (χ2n) is 3.20. The van der Waals surface area contributed by atoms with Gasteiger partial charge in [0.1, 0.15) is 0 Å². The van der Waals surface area contributed by atoms with Crippen LogP contribution in [0.25, 0.3) is 0 Å². The first-order chi connectivity index (χ1) is 7.65. The SMILES string of the molecule is CCCC(C(=O)Nc1nccnn1)C(N)=S. The van der Waals surface area contributed by atoms with Crippen LogP contribution in [0.15, 0.2) is 12.4 Å². The summed E-state index contributed by atoms with van der Waals surface area (Å²) < 4.78 is 0. The van der Waals surface area contributed by atoms with Gasteiger partial charge in [-0.05, 0) is 6.42 Å². The van der Waals surface area contributed by atoms with Gasteiger partial charge in [-0.15, -0.1) is 5.10 Å². The van der Waals surface area contributed by atoms with Crippen molar-refractivity contribution in [1.82, 2.24) is 15.2 Å². The van der Waals surface area contributed by atoms with E-state index in [9.17, 15) is 4.79 Å². The minimum absolute atomic E-state index is 0.157. The van der Waals surface area contributed by atoms with Crippen molar-refractivity contribution in [1.29, 1.82) is 0 Å². The van der Waals surface area contributed by atoms with Gasteiger partial charge in [-0.25, -0.2) is 4.98 Å². The molecule has 0 aliphatic heterocycles. The topological polar surface area (TPSA) is 93.8 Å². The summed E-state index contributed by atoms with van der Waals surface area (Å²) in [6, 6.07) is 0. The molecule has 3 N–H and O–H groups in total. The Bertz CT molecular complexity index is 369. The first-order valence-corrected chi connectivity index (χ1v) is 5.29. The fourth-order valence-electron chi connectivity index (χ4n) is 1.19. The van der Waals surface area contributed by atoms with Crippen LogP contribution in [0.4, 0.5) is 5.95 Å². The molecule has 0 bridgehead atoms. The molecule has 1 atom stereocenters. The van der Waals surface area contributed by atoms with Crippen molar-refractivity contribution in [3.8, 4) is 0 Å². The number of thiocarbonyl (C=S) groups is 1. The largest absolute Gasteiger partial charge is 0.393 e. The summed E-state index contributed by atoms with van der Waals surface area (Å²) in [5, 5.41) is 9.76. The number of rotatable bonds is 5. The van der Waals surface area contributed by atoms with Crippen LogP contribution in [0.2, 0.25) is 0 Å². The van der Waals surface area contributed by atoms with Gasteiger partial charge in [0, 0.05) is 0 Å². The highest BCUT2D eigenvalue weighted by Crippen LogP contribution is 2.09. The van der Waals surface area contributed by atoms with Crippen molar-refractivity contribution in [3.63, 3.8) is 0 Å². The zero-order valence-corrected chi connectivity index (χ0v) is 9.70. The number of carbonyl (C=O) groups excluding carboxylic acids is 1. The highest BCUT2D eigenvalue weighted by Gasteiger charge is 2.21. The van der Waals surface area contributed by atoms with Crippen molar-refractivity contribution >= 4 is 29.1 Å². The highest BCUT2D eigenvalue weighted by molar-refractivity contribution is 7.80. The van der Waals surface area contributed by atoms with Gasteiger partial charge in [0.05, 0.1) is 23.3 Å². The maximum atomic E-state index is 11.8. The van der Waals surface area contributed by atoms with E-state index in [4.69, 9.17) is 18.0 Å². The third-order valence-electron chi connectivity index (χ3n) is 1.95. The van der Waals surface area contributed by atoms with Crippen molar-refractivity contribution in [2.24, 2.45) is 11.7 Å². The molecule has 7 heteroatoms. The summed E-state index contributed by atoms with van der Waals surface area (Å²) >= 11 is 4.84. The molecule has 1 unspecified atom stereocenters. The number of amides is 1. The first kappa shape index (κ1) is 12.4. The normalized spacial score (nSPS) is 11.8. The molecule has 1 rings (SSSR count). The molecular formula is C9H13N5OS. The van der Waals surface area contributed by atoms with Crippen molar-refractivity contribution in [2.75, 3.05) is 5.32 Å². The van der Waals surface area contributed by atoms with Crippen LogP contribution >= 0.6 is 12.2 Å². The van der Waals surface area contributed by atoms with E-state index in [2.05, 4.69) is 20.5 Å². The quantitative estimate of drug-likeness (QED) is 0.727. The maximum absolute atomic E-state index is 11.8. The summed E-state index contributed by atoms with van der Waals surface area (Å²) in [5.41, 5.74) is 5.49. The van der Waals surface area contributed by atoms with Gasteiger partial charge in [0.2, 0.25) is 11.9 Å². The fourth-order valence-corrected chi connectivity index (χ4v) is 1.42. The Morgan fingerprint density at radius 2 is 2.38 bits per heavy atom. The van der Waals surface area contributed by atoms with Gasteiger partial charge < -0.3 is 5.73 Å². The van der Waals surface area contributed by atoms with Crippen LogP contribution in [0, 0.1) is 5.92 Å². The molecule has 0 fully saturated rings. The van der Waals surface area contributed by atoms with Gasteiger partial charge in [0.15, 0.2) is 0 Å². The van der Waals surface area contributed by atoms with E-state index in [0.29, 0.717) is 6.42 Å². The fraction of sp³-hybridized carbons (Fsp3) is 0.444. The Hall–Kier alpha value is -1.63. The number of anilines is 1. The van der Waals surface area contributed by atoms with Gasteiger partial charge >= 0.3 is 0 Å². The molecule has 0 saturated carbocycles. The van der Waals surface area contributed by atoms with Crippen molar-refractivity contribution in [3.05, 3.63) is 12.4 Å². The summed E-state index contributed by atoms with van der Waals surface area (Å²) in [4.78, 5) is 15.8. The van der Waals surface area contributed by atoms with Crippen LogP contribution in [0.5, 0.6) is 0 Å². The molecule has 0 aliphatic carbocycles. The molecule has 1 aromatic rings. The van der Waals surface area contributed by atoms with Crippen LogP contribution in [-0.4, -0.2) is 26.1 Å². The zero-order valence-electron chi connectivity index (χ0n) is 8.88. The number of nitrogens with two attached hydrogens (primary N) is 1. The summed E-state index contributed by atoms with van der Waals surface area (Å²) in [7, 11) is 0. The summed E-state index contributed by atoms with van der Waals surface area (Å²) in [5.74, 6) is -0.615. The van der Waals surface area contributed by atoms with Crippen LogP contribution in [-0.2, 0) is 4.79 Å². The van der Waals surface area contributed by atoms with Gasteiger partial charge in [0.25, 0.3) is 0 Å². The number of aromatic nitrogens is 3. The Labute approximate surface area is 98.7 Å². The predicted octanol–water partition coefficient (Wildman–Crippen LogP) is 0.512. The van der Waals surface area contributed by atoms with Gasteiger partial charge in [-0.1, -0.05) is 25.6 Å². The maximum Gasteiger partial charge on any atom is 0.249 e. The van der Waals surface area contributed by atoms with E-state index in [1.807, 2.05) is 6.92 Å². The number of carbonyl (C=O) groups is 1. The van der Waals surface area contributed by atoms with E-state index in [0.717, 1.165) is 6.42 Å². The number of nitrogens with zero attached hydrogens (tertiary/aromatic N) is 3. The van der Waals surface area contributed by atoms with Crippen LogP contribution in [0.3, 0.4) is 0 Å².